The molecule has 1 saturated heterocycles. The van der Waals surface area contributed by atoms with Crippen molar-refractivity contribution in [3.05, 3.63) is 60.2 Å². The number of amides is 1. The minimum Gasteiger partial charge on any atom is -0.459 e. The first-order valence-corrected chi connectivity index (χ1v) is 9.44. The van der Waals surface area contributed by atoms with Gasteiger partial charge in [0.05, 0.1) is 23.5 Å². The average molecular weight is 400 g/mol. The summed E-state index contributed by atoms with van der Waals surface area (Å²) in [6.07, 6.45) is 3.03. The minimum atomic E-state index is -0.165. The number of carbonyl (C=O) groups excluding carboxylic acids is 1. The van der Waals surface area contributed by atoms with E-state index in [4.69, 9.17) is 8.83 Å². The Balaban J connectivity index is 1.31. The molecular formula is C21H16N6O3. The highest BCUT2D eigenvalue weighted by Gasteiger charge is 2.28. The quantitative estimate of drug-likeness (QED) is 0.516. The van der Waals surface area contributed by atoms with E-state index in [2.05, 4.69) is 21.0 Å². The van der Waals surface area contributed by atoms with Gasteiger partial charge in [-0.3, -0.25) is 9.78 Å². The summed E-state index contributed by atoms with van der Waals surface area (Å²) in [6, 6.07) is 13.0. The van der Waals surface area contributed by atoms with Crippen LogP contribution < -0.4 is 4.90 Å². The molecular weight excluding hydrogens is 384 g/mol. The van der Waals surface area contributed by atoms with Crippen LogP contribution in [0.2, 0.25) is 0 Å². The van der Waals surface area contributed by atoms with Crippen molar-refractivity contribution in [2.45, 2.75) is 0 Å². The number of furan rings is 1. The molecule has 1 amide bonds. The molecule has 0 spiro atoms. The number of fused-ring (bicyclic) bond motifs is 1. The highest BCUT2D eigenvalue weighted by atomic mass is 16.4. The van der Waals surface area contributed by atoms with Crippen LogP contribution in [0.25, 0.3) is 22.7 Å². The lowest BCUT2D eigenvalue weighted by Crippen LogP contribution is -2.49. The molecule has 0 N–H and O–H groups in total. The van der Waals surface area contributed by atoms with E-state index in [0.717, 1.165) is 5.52 Å². The van der Waals surface area contributed by atoms with Crippen molar-refractivity contribution in [1.82, 2.24) is 19.9 Å². The van der Waals surface area contributed by atoms with E-state index in [1.54, 1.807) is 17.0 Å². The molecule has 1 aliphatic heterocycles. The number of nitrogens with zero attached hydrogens (tertiary/aromatic N) is 6. The molecule has 4 heterocycles. The maximum atomic E-state index is 12.9. The first-order valence-electron chi connectivity index (χ1n) is 9.44. The van der Waals surface area contributed by atoms with Crippen molar-refractivity contribution < 1.29 is 13.6 Å². The number of piperazine rings is 1. The van der Waals surface area contributed by atoms with Crippen molar-refractivity contribution in [1.29, 1.82) is 5.26 Å². The Bertz CT molecular complexity index is 1250. The van der Waals surface area contributed by atoms with Crippen LogP contribution in [0.15, 0.2) is 57.7 Å². The van der Waals surface area contributed by atoms with E-state index in [0.29, 0.717) is 49.0 Å². The van der Waals surface area contributed by atoms with E-state index in [1.807, 2.05) is 29.2 Å². The zero-order chi connectivity index (χ0) is 20.5. The summed E-state index contributed by atoms with van der Waals surface area (Å²) in [6.45, 7) is 1.95. The van der Waals surface area contributed by atoms with E-state index in [1.165, 1.54) is 12.5 Å². The van der Waals surface area contributed by atoms with Crippen LogP contribution in [0.4, 0.5) is 5.88 Å². The summed E-state index contributed by atoms with van der Waals surface area (Å²) in [5.74, 6) is 0.946. The molecule has 1 fully saturated rings. The molecule has 148 valence electrons. The van der Waals surface area contributed by atoms with Gasteiger partial charge in [-0.2, -0.15) is 10.2 Å². The molecule has 1 aromatic carbocycles. The lowest BCUT2D eigenvalue weighted by Gasteiger charge is -2.34. The van der Waals surface area contributed by atoms with E-state index in [9.17, 15) is 10.1 Å². The summed E-state index contributed by atoms with van der Waals surface area (Å²) < 4.78 is 11.1. The number of hydrogen-bond donors (Lipinski definition) is 0. The predicted molar refractivity (Wildman–Crippen MR) is 107 cm³/mol. The van der Waals surface area contributed by atoms with Crippen LogP contribution in [0.3, 0.4) is 0 Å². The smallest absolute Gasteiger partial charge is 0.274 e. The maximum absolute atomic E-state index is 12.9. The highest BCUT2D eigenvalue weighted by molar-refractivity contribution is 5.94. The zero-order valence-corrected chi connectivity index (χ0v) is 15.9. The lowest BCUT2D eigenvalue weighted by molar-refractivity contribution is 0.0739. The van der Waals surface area contributed by atoms with Gasteiger partial charge < -0.3 is 18.6 Å². The average Bonchev–Trinajstić information content (AvgIpc) is 3.48. The Morgan fingerprint density at radius 2 is 1.83 bits per heavy atom. The fourth-order valence-electron chi connectivity index (χ4n) is 3.44. The normalized spacial score (nSPS) is 14.1. The van der Waals surface area contributed by atoms with Gasteiger partial charge >= 0.3 is 0 Å². The molecule has 9 nitrogen and oxygen atoms in total. The maximum Gasteiger partial charge on any atom is 0.274 e. The number of oxazole rings is 1. The summed E-state index contributed by atoms with van der Waals surface area (Å²) in [5, 5.41) is 9.43. The van der Waals surface area contributed by atoms with Crippen LogP contribution in [0.1, 0.15) is 16.2 Å². The summed E-state index contributed by atoms with van der Waals surface area (Å²) in [7, 11) is 0. The second kappa shape index (κ2) is 7.33. The molecule has 30 heavy (non-hydrogen) atoms. The van der Waals surface area contributed by atoms with E-state index < -0.39 is 0 Å². The number of carbonyl (C=O) groups is 1. The van der Waals surface area contributed by atoms with Crippen molar-refractivity contribution in [3.63, 3.8) is 0 Å². The zero-order valence-electron chi connectivity index (χ0n) is 15.9. The summed E-state index contributed by atoms with van der Waals surface area (Å²) in [4.78, 5) is 29.5. The number of para-hydroxylation sites is 2. The summed E-state index contributed by atoms with van der Waals surface area (Å²) >= 11 is 0. The number of rotatable bonds is 3. The standard InChI is InChI=1S/C21H16N6O3/c22-12-16-21(30-19(25-16)18-6-3-11-29-18)27-9-7-26(8-10-27)20(28)17-13-23-14-4-1-2-5-15(14)24-17/h1-6,11,13H,7-10H2. The first-order chi connectivity index (χ1) is 14.7. The monoisotopic (exact) mass is 400 g/mol. The van der Waals surface area contributed by atoms with Gasteiger partial charge in [-0.25, -0.2) is 4.98 Å². The molecule has 3 aromatic heterocycles. The van der Waals surface area contributed by atoms with Gasteiger partial charge in [-0.15, -0.1) is 0 Å². The molecule has 0 unspecified atom stereocenters. The van der Waals surface area contributed by atoms with Gasteiger partial charge in [0.1, 0.15) is 11.8 Å². The highest BCUT2D eigenvalue weighted by Crippen LogP contribution is 2.29. The topological polar surface area (TPSA) is 112 Å². The van der Waals surface area contributed by atoms with E-state index >= 15 is 0 Å². The fraction of sp³-hybridized carbons (Fsp3) is 0.190. The number of nitriles is 1. The Morgan fingerprint density at radius 1 is 1.03 bits per heavy atom. The van der Waals surface area contributed by atoms with Gasteiger partial charge in [0.2, 0.25) is 11.6 Å². The number of aromatic nitrogens is 3. The predicted octanol–water partition coefficient (Wildman–Crippen LogP) is 2.71. The Kier molecular flexibility index (Phi) is 4.37. The fourth-order valence-corrected chi connectivity index (χ4v) is 3.44. The van der Waals surface area contributed by atoms with Crippen molar-refractivity contribution >= 4 is 22.8 Å². The number of anilines is 1. The second-order valence-corrected chi connectivity index (χ2v) is 6.79. The second-order valence-electron chi connectivity index (χ2n) is 6.79. The molecule has 0 bridgehead atoms. The molecule has 4 aromatic rings. The Morgan fingerprint density at radius 3 is 2.57 bits per heavy atom. The van der Waals surface area contributed by atoms with Gasteiger partial charge in [-0.05, 0) is 24.3 Å². The first kappa shape index (κ1) is 17.9. The van der Waals surface area contributed by atoms with Crippen LogP contribution in [0.5, 0.6) is 0 Å². The third-order valence-corrected chi connectivity index (χ3v) is 4.97. The van der Waals surface area contributed by atoms with Gasteiger partial charge in [0.25, 0.3) is 11.8 Å². The SMILES string of the molecule is N#Cc1nc(-c2ccco2)oc1N1CCN(C(=O)c2cnc3ccccc3n2)CC1. The third kappa shape index (κ3) is 3.14. The largest absolute Gasteiger partial charge is 0.459 e. The minimum absolute atomic E-state index is 0.165. The van der Waals surface area contributed by atoms with Crippen LogP contribution >= 0.6 is 0 Å². The van der Waals surface area contributed by atoms with Gasteiger partial charge in [0, 0.05) is 26.2 Å². The van der Waals surface area contributed by atoms with Crippen molar-refractivity contribution in [3.8, 4) is 17.7 Å². The van der Waals surface area contributed by atoms with Crippen LogP contribution in [-0.2, 0) is 0 Å². The molecule has 0 radical (unpaired) electrons. The van der Waals surface area contributed by atoms with Crippen LogP contribution in [-0.4, -0.2) is 51.9 Å². The molecule has 0 saturated carbocycles. The van der Waals surface area contributed by atoms with E-state index in [-0.39, 0.29) is 17.5 Å². The third-order valence-electron chi connectivity index (χ3n) is 4.97. The number of hydrogen-bond acceptors (Lipinski definition) is 8. The van der Waals surface area contributed by atoms with Crippen molar-refractivity contribution in [2.75, 3.05) is 31.1 Å². The number of benzene rings is 1. The Hall–Kier alpha value is -4.19. The molecule has 0 aliphatic carbocycles. The molecule has 1 aliphatic rings. The molecule has 9 heteroatoms. The lowest BCUT2D eigenvalue weighted by atomic mass is 10.2. The summed E-state index contributed by atoms with van der Waals surface area (Å²) in [5.41, 5.74) is 1.95. The van der Waals surface area contributed by atoms with Crippen LogP contribution in [0, 0.1) is 11.3 Å². The Labute approximate surface area is 171 Å². The van der Waals surface area contributed by atoms with Gasteiger partial charge in [0.15, 0.2) is 5.76 Å². The molecule has 5 rings (SSSR count). The van der Waals surface area contributed by atoms with Gasteiger partial charge in [-0.1, -0.05) is 12.1 Å². The van der Waals surface area contributed by atoms with Crippen molar-refractivity contribution in [2.24, 2.45) is 0 Å². The molecule has 0 atom stereocenters.